The second-order valence-electron chi connectivity index (χ2n) is 7.83. The summed E-state index contributed by atoms with van der Waals surface area (Å²) in [4.78, 5) is 26.9. The molecule has 0 saturated heterocycles. The fraction of sp³-hybridized carbons (Fsp3) is 0.0345. The highest BCUT2D eigenvalue weighted by Crippen LogP contribution is 2.29. The van der Waals surface area contributed by atoms with Crippen molar-refractivity contribution in [2.75, 3.05) is 0 Å². The van der Waals surface area contributed by atoms with Gasteiger partial charge in [-0.25, -0.2) is 0 Å². The Morgan fingerprint density at radius 2 is 1.21 bits per heavy atom. The van der Waals surface area contributed by atoms with Gasteiger partial charge >= 0.3 is 0 Å². The molecule has 0 aliphatic carbocycles. The molecular weight excluding hydrogens is 408 g/mol. The third-order valence-electron chi connectivity index (χ3n) is 5.73. The van der Waals surface area contributed by atoms with Crippen LogP contribution in [0.1, 0.15) is 27.7 Å². The highest BCUT2D eigenvalue weighted by molar-refractivity contribution is 6.43. The fourth-order valence-electron chi connectivity index (χ4n) is 4.15. The summed E-state index contributed by atoms with van der Waals surface area (Å²) in [7, 11) is 0. The van der Waals surface area contributed by atoms with Crippen LogP contribution in [0.5, 0.6) is 0 Å². The number of fused-ring (bicyclic) bond motifs is 1. The van der Waals surface area contributed by atoms with E-state index in [9.17, 15) is 9.59 Å². The van der Waals surface area contributed by atoms with E-state index >= 15 is 0 Å². The Bertz CT molecular complexity index is 1370. The van der Waals surface area contributed by atoms with Crippen LogP contribution in [-0.4, -0.2) is 16.1 Å². The SMILES string of the molecule is O=C(NC(c1ccccc1)c1ccccc1)C(=O)c1c(-c2ccccc2)cc2ccccn12. The fourth-order valence-corrected chi connectivity index (χ4v) is 4.15. The van der Waals surface area contributed by atoms with Crippen molar-refractivity contribution in [2.45, 2.75) is 6.04 Å². The lowest BCUT2D eigenvalue weighted by Gasteiger charge is -2.19. The molecule has 0 spiro atoms. The van der Waals surface area contributed by atoms with Gasteiger partial charge < -0.3 is 9.72 Å². The zero-order valence-corrected chi connectivity index (χ0v) is 17.9. The molecule has 1 amide bonds. The van der Waals surface area contributed by atoms with Crippen LogP contribution >= 0.6 is 0 Å². The van der Waals surface area contributed by atoms with Crippen molar-refractivity contribution in [1.82, 2.24) is 9.72 Å². The Hall–Kier alpha value is -4.44. The van der Waals surface area contributed by atoms with Gasteiger partial charge in [0, 0.05) is 17.3 Å². The van der Waals surface area contributed by atoms with E-state index in [1.807, 2.05) is 121 Å². The summed E-state index contributed by atoms with van der Waals surface area (Å²) in [6.45, 7) is 0. The van der Waals surface area contributed by atoms with E-state index < -0.39 is 17.7 Å². The normalized spacial score (nSPS) is 10.9. The summed E-state index contributed by atoms with van der Waals surface area (Å²) in [6, 6.07) is 36.2. The van der Waals surface area contributed by atoms with E-state index in [1.165, 1.54) is 0 Å². The molecule has 33 heavy (non-hydrogen) atoms. The summed E-state index contributed by atoms with van der Waals surface area (Å²) in [5, 5.41) is 2.98. The molecule has 0 atom stereocenters. The van der Waals surface area contributed by atoms with Crippen molar-refractivity contribution >= 4 is 17.2 Å². The van der Waals surface area contributed by atoms with E-state index in [0.29, 0.717) is 5.69 Å². The number of pyridine rings is 1. The van der Waals surface area contributed by atoms with Gasteiger partial charge in [-0.2, -0.15) is 0 Å². The van der Waals surface area contributed by atoms with Crippen LogP contribution < -0.4 is 5.32 Å². The van der Waals surface area contributed by atoms with Gasteiger partial charge in [-0.1, -0.05) is 97.1 Å². The molecule has 2 heterocycles. The number of carbonyl (C=O) groups is 2. The van der Waals surface area contributed by atoms with Crippen molar-refractivity contribution in [3.05, 3.63) is 138 Å². The van der Waals surface area contributed by atoms with E-state index in [4.69, 9.17) is 0 Å². The minimum atomic E-state index is -0.645. The zero-order valence-electron chi connectivity index (χ0n) is 17.9. The number of ketones is 1. The van der Waals surface area contributed by atoms with Crippen LogP contribution in [-0.2, 0) is 4.79 Å². The molecule has 0 saturated carbocycles. The molecule has 0 unspecified atom stereocenters. The highest BCUT2D eigenvalue weighted by atomic mass is 16.2. The first-order valence-electron chi connectivity index (χ1n) is 10.8. The molecule has 0 bridgehead atoms. The number of hydrogen-bond donors (Lipinski definition) is 1. The lowest BCUT2D eigenvalue weighted by molar-refractivity contribution is -0.117. The minimum absolute atomic E-state index is 0.356. The van der Waals surface area contributed by atoms with Crippen LogP contribution in [0.3, 0.4) is 0 Å². The molecule has 0 aliphatic heterocycles. The third kappa shape index (κ3) is 4.06. The maximum Gasteiger partial charge on any atom is 0.294 e. The van der Waals surface area contributed by atoms with Gasteiger partial charge in [-0.05, 0) is 34.9 Å². The Kier molecular flexibility index (Phi) is 5.56. The lowest BCUT2D eigenvalue weighted by Crippen LogP contribution is -2.35. The largest absolute Gasteiger partial charge is 0.338 e. The summed E-state index contributed by atoms with van der Waals surface area (Å²) in [5.74, 6) is -1.22. The number of nitrogens with zero attached hydrogens (tertiary/aromatic N) is 1. The number of amides is 1. The second kappa shape index (κ2) is 8.97. The lowest BCUT2D eigenvalue weighted by atomic mass is 9.98. The van der Waals surface area contributed by atoms with Crippen molar-refractivity contribution in [1.29, 1.82) is 0 Å². The van der Waals surface area contributed by atoms with Gasteiger partial charge in [0.05, 0.1) is 6.04 Å². The number of Topliss-reactive ketones (excluding diaryl/α,β-unsaturated/α-hetero) is 1. The van der Waals surface area contributed by atoms with E-state index in [0.717, 1.165) is 27.8 Å². The van der Waals surface area contributed by atoms with E-state index in [2.05, 4.69) is 5.32 Å². The van der Waals surface area contributed by atoms with Crippen molar-refractivity contribution < 1.29 is 9.59 Å². The van der Waals surface area contributed by atoms with Crippen LogP contribution in [0.15, 0.2) is 121 Å². The summed E-state index contributed by atoms with van der Waals surface area (Å²) in [6.07, 6.45) is 1.81. The Labute approximate surface area is 192 Å². The smallest absolute Gasteiger partial charge is 0.294 e. The molecule has 4 nitrogen and oxygen atoms in total. The van der Waals surface area contributed by atoms with Crippen LogP contribution in [0, 0.1) is 0 Å². The van der Waals surface area contributed by atoms with Crippen LogP contribution in [0.25, 0.3) is 16.6 Å². The van der Waals surface area contributed by atoms with Crippen LogP contribution in [0.2, 0.25) is 0 Å². The maximum absolute atomic E-state index is 13.6. The predicted octanol–water partition coefficient (Wildman–Crippen LogP) is 5.69. The van der Waals surface area contributed by atoms with Crippen LogP contribution in [0.4, 0.5) is 0 Å². The van der Waals surface area contributed by atoms with Gasteiger partial charge in [0.25, 0.3) is 11.7 Å². The molecule has 0 fully saturated rings. The minimum Gasteiger partial charge on any atom is -0.338 e. The van der Waals surface area contributed by atoms with Gasteiger partial charge in [-0.15, -0.1) is 0 Å². The Morgan fingerprint density at radius 3 is 1.82 bits per heavy atom. The molecule has 3 aromatic carbocycles. The van der Waals surface area contributed by atoms with Gasteiger partial charge in [0.1, 0.15) is 5.69 Å². The number of aromatic nitrogens is 1. The van der Waals surface area contributed by atoms with Crippen molar-refractivity contribution in [3.8, 4) is 11.1 Å². The standard InChI is InChI=1S/C29H22N2O2/c32-28(27-25(21-12-4-1-5-13-21)20-24-18-10-11-19-31(24)27)29(33)30-26(22-14-6-2-7-15-22)23-16-8-3-9-17-23/h1-20,26H,(H,30,33). The Balaban J connectivity index is 1.55. The van der Waals surface area contributed by atoms with E-state index in [-0.39, 0.29) is 0 Å². The molecule has 160 valence electrons. The van der Waals surface area contributed by atoms with Gasteiger partial charge in [0.2, 0.25) is 0 Å². The predicted molar refractivity (Wildman–Crippen MR) is 130 cm³/mol. The number of hydrogen-bond acceptors (Lipinski definition) is 2. The maximum atomic E-state index is 13.6. The number of benzene rings is 3. The number of nitrogens with one attached hydrogen (secondary N) is 1. The molecule has 5 rings (SSSR count). The third-order valence-corrected chi connectivity index (χ3v) is 5.73. The molecule has 2 aromatic heterocycles. The zero-order chi connectivity index (χ0) is 22.6. The molecule has 1 N–H and O–H groups in total. The summed E-state index contributed by atoms with van der Waals surface area (Å²) < 4.78 is 1.78. The molecular formula is C29H22N2O2. The molecule has 0 radical (unpaired) electrons. The summed E-state index contributed by atoms with van der Waals surface area (Å²) in [5.41, 5.74) is 4.66. The first kappa shape index (κ1) is 20.5. The van der Waals surface area contributed by atoms with Gasteiger partial charge in [-0.3, -0.25) is 9.59 Å². The number of rotatable bonds is 6. The van der Waals surface area contributed by atoms with E-state index in [1.54, 1.807) is 4.40 Å². The average Bonchev–Trinajstić information content (AvgIpc) is 3.28. The first-order valence-corrected chi connectivity index (χ1v) is 10.8. The topological polar surface area (TPSA) is 50.6 Å². The Morgan fingerprint density at radius 1 is 0.667 bits per heavy atom. The number of carbonyl (C=O) groups excluding carboxylic acids is 2. The quantitative estimate of drug-likeness (QED) is 0.278. The summed E-state index contributed by atoms with van der Waals surface area (Å²) >= 11 is 0. The highest BCUT2D eigenvalue weighted by Gasteiger charge is 2.27. The average molecular weight is 431 g/mol. The second-order valence-corrected chi connectivity index (χ2v) is 7.83. The van der Waals surface area contributed by atoms with Crippen molar-refractivity contribution in [2.24, 2.45) is 0 Å². The molecule has 0 aliphatic rings. The monoisotopic (exact) mass is 430 g/mol. The molecule has 5 aromatic rings. The van der Waals surface area contributed by atoms with Gasteiger partial charge in [0.15, 0.2) is 0 Å². The van der Waals surface area contributed by atoms with Crippen molar-refractivity contribution in [3.63, 3.8) is 0 Å². The first-order chi connectivity index (χ1) is 16.2. The molecule has 4 heteroatoms.